The van der Waals surface area contributed by atoms with E-state index < -0.39 is 0 Å². The van der Waals surface area contributed by atoms with Crippen LogP contribution >= 0.6 is 0 Å². The lowest BCUT2D eigenvalue weighted by Gasteiger charge is -2.15. The van der Waals surface area contributed by atoms with E-state index in [0.717, 1.165) is 25.2 Å². The van der Waals surface area contributed by atoms with Gasteiger partial charge in [0.05, 0.1) is 12.6 Å². The maximum Gasteiger partial charge on any atom is 0.103 e. The van der Waals surface area contributed by atoms with Crippen molar-refractivity contribution >= 4 is 5.71 Å². The van der Waals surface area contributed by atoms with Gasteiger partial charge in [-0.2, -0.15) is 0 Å². The fourth-order valence-corrected chi connectivity index (χ4v) is 1.69. The van der Waals surface area contributed by atoms with Crippen LogP contribution in [0, 0.1) is 0 Å². The Bertz CT molecular complexity index is 268. The highest BCUT2D eigenvalue weighted by molar-refractivity contribution is 6.00. The summed E-state index contributed by atoms with van der Waals surface area (Å²) < 4.78 is 5.21. The zero-order chi connectivity index (χ0) is 7.97. The van der Waals surface area contributed by atoms with Gasteiger partial charge < -0.3 is 4.74 Å². The predicted molar refractivity (Wildman–Crippen MR) is 42.5 cm³/mol. The Balaban J connectivity index is 1.87. The second kappa shape index (κ2) is 2.31. The van der Waals surface area contributed by atoms with Gasteiger partial charge in [0.25, 0.3) is 0 Å². The van der Waals surface area contributed by atoms with Crippen LogP contribution in [0.1, 0.15) is 12.8 Å². The van der Waals surface area contributed by atoms with E-state index in [1.54, 1.807) is 0 Å². The number of hydrogen-bond donors (Lipinski definition) is 1. The molecule has 1 aliphatic carbocycles. The average Bonchev–Trinajstić information content (AvgIpc) is 2.84. The molecule has 12 heavy (non-hydrogen) atoms. The van der Waals surface area contributed by atoms with E-state index in [1.165, 1.54) is 5.57 Å². The molecule has 0 amide bonds. The van der Waals surface area contributed by atoms with Crippen LogP contribution in [0.4, 0.5) is 0 Å². The molecule has 1 N–H and O–H groups in total. The fraction of sp³-hybridized carbons (Fsp3) is 0.625. The van der Waals surface area contributed by atoms with Crippen LogP contribution in [0.3, 0.4) is 0 Å². The number of fused-ring (bicyclic) bond motifs is 1. The van der Waals surface area contributed by atoms with Crippen LogP contribution < -0.4 is 5.48 Å². The standard InChI is InChI=1S/C8H10N2O2/c1-2-6-7(10-12-9-6)3-5(1)8-4-11-8/h3,6,8-9H,1-2,4H2. The molecule has 0 aromatic carbocycles. The SMILES string of the molecule is C1=C(C2CO2)CCC2NON=C12. The van der Waals surface area contributed by atoms with Gasteiger partial charge in [-0.3, -0.25) is 4.94 Å². The molecule has 2 heterocycles. The van der Waals surface area contributed by atoms with Gasteiger partial charge in [0, 0.05) is 0 Å². The number of epoxide rings is 1. The number of nitrogens with zero attached hydrogens (tertiary/aromatic N) is 1. The lowest BCUT2D eigenvalue weighted by atomic mass is 9.93. The van der Waals surface area contributed by atoms with E-state index in [0.29, 0.717) is 12.1 Å². The molecular formula is C8H10N2O2. The van der Waals surface area contributed by atoms with E-state index in [2.05, 4.69) is 16.7 Å². The topological polar surface area (TPSA) is 46.1 Å². The molecule has 0 aromatic rings. The minimum atomic E-state index is 0.312. The van der Waals surface area contributed by atoms with Crippen molar-refractivity contribution in [3.8, 4) is 0 Å². The summed E-state index contributed by atoms with van der Waals surface area (Å²) >= 11 is 0. The van der Waals surface area contributed by atoms with Gasteiger partial charge in [-0.05, 0) is 24.5 Å². The Labute approximate surface area is 70.2 Å². The van der Waals surface area contributed by atoms with Crippen LogP contribution in [-0.2, 0) is 9.68 Å². The van der Waals surface area contributed by atoms with Crippen molar-refractivity contribution in [2.75, 3.05) is 6.61 Å². The molecule has 1 saturated heterocycles. The van der Waals surface area contributed by atoms with Crippen LogP contribution in [0.25, 0.3) is 0 Å². The summed E-state index contributed by atoms with van der Waals surface area (Å²) in [5, 5.41) is 3.89. The Morgan fingerprint density at radius 1 is 1.58 bits per heavy atom. The fourth-order valence-electron chi connectivity index (χ4n) is 1.69. The van der Waals surface area contributed by atoms with Gasteiger partial charge in [-0.25, -0.2) is 0 Å². The summed E-state index contributed by atoms with van der Waals surface area (Å²) in [5.41, 5.74) is 5.24. The van der Waals surface area contributed by atoms with E-state index in [9.17, 15) is 0 Å². The Hall–Kier alpha value is -0.870. The summed E-state index contributed by atoms with van der Waals surface area (Å²) in [7, 11) is 0. The minimum absolute atomic E-state index is 0.312. The van der Waals surface area contributed by atoms with Crippen LogP contribution in [-0.4, -0.2) is 24.5 Å². The first-order valence-electron chi connectivity index (χ1n) is 4.25. The Morgan fingerprint density at radius 2 is 2.50 bits per heavy atom. The number of oxime groups is 1. The summed E-state index contributed by atoms with van der Waals surface area (Å²) in [4.78, 5) is 4.79. The number of hydroxylamine groups is 1. The zero-order valence-corrected chi connectivity index (χ0v) is 6.62. The molecule has 0 spiro atoms. The summed E-state index contributed by atoms with van der Waals surface area (Å²) in [5.74, 6) is 0. The van der Waals surface area contributed by atoms with E-state index in [-0.39, 0.29) is 0 Å². The van der Waals surface area contributed by atoms with Crippen molar-refractivity contribution in [3.05, 3.63) is 11.6 Å². The van der Waals surface area contributed by atoms with Crippen molar-refractivity contribution in [3.63, 3.8) is 0 Å². The minimum Gasteiger partial charge on any atom is -0.368 e. The molecule has 3 aliphatic rings. The molecule has 2 aliphatic heterocycles. The molecule has 4 nitrogen and oxygen atoms in total. The molecule has 64 valence electrons. The first-order valence-corrected chi connectivity index (χ1v) is 4.25. The molecule has 2 atom stereocenters. The number of rotatable bonds is 1. The summed E-state index contributed by atoms with van der Waals surface area (Å²) in [6.45, 7) is 0.887. The van der Waals surface area contributed by atoms with Gasteiger partial charge in [0.2, 0.25) is 0 Å². The average molecular weight is 166 g/mol. The molecule has 2 unspecified atom stereocenters. The smallest absolute Gasteiger partial charge is 0.103 e. The highest BCUT2D eigenvalue weighted by Gasteiger charge is 2.33. The highest BCUT2D eigenvalue weighted by Crippen LogP contribution is 2.28. The van der Waals surface area contributed by atoms with E-state index in [1.807, 2.05) is 0 Å². The Morgan fingerprint density at radius 3 is 3.33 bits per heavy atom. The van der Waals surface area contributed by atoms with Crippen LogP contribution in [0.15, 0.2) is 16.8 Å². The second-order valence-electron chi connectivity index (χ2n) is 3.36. The third-order valence-corrected chi connectivity index (χ3v) is 2.50. The first kappa shape index (κ1) is 6.62. The molecule has 0 bridgehead atoms. The Kier molecular flexibility index (Phi) is 1.27. The van der Waals surface area contributed by atoms with Crippen molar-refractivity contribution < 1.29 is 9.68 Å². The van der Waals surface area contributed by atoms with Crippen LogP contribution in [0.2, 0.25) is 0 Å². The summed E-state index contributed by atoms with van der Waals surface area (Å²) in [6.07, 6.45) is 4.66. The van der Waals surface area contributed by atoms with Crippen molar-refractivity contribution in [1.29, 1.82) is 0 Å². The van der Waals surface area contributed by atoms with Gasteiger partial charge in [0.1, 0.15) is 11.8 Å². The van der Waals surface area contributed by atoms with Crippen LogP contribution in [0.5, 0.6) is 0 Å². The van der Waals surface area contributed by atoms with Gasteiger partial charge in [-0.1, -0.05) is 5.16 Å². The summed E-state index contributed by atoms with van der Waals surface area (Å²) in [6, 6.07) is 0.312. The number of nitrogens with one attached hydrogen (secondary N) is 1. The molecule has 1 fully saturated rings. The quantitative estimate of drug-likeness (QED) is 0.572. The van der Waals surface area contributed by atoms with Gasteiger partial charge >= 0.3 is 0 Å². The lowest BCUT2D eigenvalue weighted by Crippen LogP contribution is -2.31. The van der Waals surface area contributed by atoms with Gasteiger partial charge in [-0.15, -0.1) is 5.48 Å². The molecule has 3 rings (SSSR count). The molecule has 0 radical (unpaired) electrons. The number of ether oxygens (including phenoxy) is 1. The number of hydrogen-bond acceptors (Lipinski definition) is 4. The first-order chi connectivity index (χ1) is 5.93. The van der Waals surface area contributed by atoms with Gasteiger partial charge in [0.15, 0.2) is 0 Å². The van der Waals surface area contributed by atoms with Crippen molar-refractivity contribution in [2.45, 2.75) is 25.0 Å². The third kappa shape index (κ3) is 0.956. The monoisotopic (exact) mass is 166 g/mol. The molecular weight excluding hydrogens is 156 g/mol. The van der Waals surface area contributed by atoms with Crippen molar-refractivity contribution in [1.82, 2.24) is 5.48 Å². The molecule has 0 aromatic heterocycles. The largest absolute Gasteiger partial charge is 0.368 e. The lowest BCUT2D eigenvalue weighted by molar-refractivity contribution is 0.0585. The molecule has 4 heteroatoms. The third-order valence-electron chi connectivity index (χ3n) is 2.50. The van der Waals surface area contributed by atoms with Crippen molar-refractivity contribution in [2.24, 2.45) is 5.16 Å². The second-order valence-corrected chi connectivity index (χ2v) is 3.36. The van der Waals surface area contributed by atoms with E-state index in [4.69, 9.17) is 9.68 Å². The maximum atomic E-state index is 5.21. The predicted octanol–water partition coefficient (Wildman–Crippen LogP) is 0.365. The highest BCUT2D eigenvalue weighted by atomic mass is 16.8. The molecule has 0 saturated carbocycles. The zero-order valence-electron chi connectivity index (χ0n) is 6.62. The van der Waals surface area contributed by atoms with E-state index >= 15 is 0 Å². The maximum absolute atomic E-state index is 5.21. The normalized spacial score (nSPS) is 38.0.